The topological polar surface area (TPSA) is 62.3 Å². The van der Waals surface area contributed by atoms with Crippen LogP contribution < -0.4 is 15.2 Å². The van der Waals surface area contributed by atoms with Gasteiger partial charge >= 0.3 is 0 Å². The van der Waals surface area contributed by atoms with Gasteiger partial charge in [0, 0.05) is 24.2 Å². The van der Waals surface area contributed by atoms with Gasteiger partial charge in [-0.3, -0.25) is 0 Å². The summed E-state index contributed by atoms with van der Waals surface area (Å²) in [5.41, 5.74) is 9.54. The SMILES string of the molecule is COc1cc2ncn(Cc3ccccc3C(N)=S)c2cc1OC. The summed E-state index contributed by atoms with van der Waals surface area (Å²) in [7, 11) is 3.23. The van der Waals surface area contributed by atoms with Gasteiger partial charge in [0.15, 0.2) is 11.5 Å². The summed E-state index contributed by atoms with van der Waals surface area (Å²) in [5.74, 6) is 1.33. The molecular formula is C17H17N3O2S. The minimum atomic E-state index is 0.393. The summed E-state index contributed by atoms with van der Waals surface area (Å²) < 4.78 is 12.7. The molecule has 2 N–H and O–H groups in total. The molecule has 118 valence electrons. The van der Waals surface area contributed by atoms with Crippen molar-refractivity contribution < 1.29 is 9.47 Å². The fourth-order valence-electron chi connectivity index (χ4n) is 2.59. The van der Waals surface area contributed by atoms with Crippen molar-refractivity contribution in [1.82, 2.24) is 9.55 Å². The van der Waals surface area contributed by atoms with E-state index in [1.54, 1.807) is 20.5 Å². The average molecular weight is 327 g/mol. The highest BCUT2D eigenvalue weighted by Gasteiger charge is 2.12. The van der Waals surface area contributed by atoms with E-state index in [4.69, 9.17) is 27.4 Å². The van der Waals surface area contributed by atoms with Crippen molar-refractivity contribution in [2.24, 2.45) is 5.73 Å². The van der Waals surface area contributed by atoms with Crippen LogP contribution >= 0.6 is 12.2 Å². The number of thiocarbonyl (C=S) groups is 1. The Kier molecular flexibility index (Phi) is 4.16. The molecule has 1 aromatic heterocycles. The van der Waals surface area contributed by atoms with Crippen LogP contribution in [0.1, 0.15) is 11.1 Å². The Morgan fingerprint density at radius 2 is 1.87 bits per heavy atom. The minimum Gasteiger partial charge on any atom is -0.493 e. The van der Waals surface area contributed by atoms with Gasteiger partial charge in [-0.1, -0.05) is 36.5 Å². The molecule has 6 heteroatoms. The van der Waals surface area contributed by atoms with Crippen LogP contribution in [0.25, 0.3) is 11.0 Å². The molecule has 0 aliphatic heterocycles. The molecule has 23 heavy (non-hydrogen) atoms. The molecule has 0 atom stereocenters. The quantitative estimate of drug-likeness (QED) is 0.730. The molecular weight excluding hydrogens is 310 g/mol. The van der Waals surface area contributed by atoms with E-state index in [1.165, 1.54) is 0 Å². The molecule has 0 saturated carbocycles. The Labute approximate surface area is 139 Å². The first-order valence-corrected chi connectivity index (χ1v) is 7.49. The number of rotatable bonds is 5. The van der Waals surface area contributed by atoms with Crippen molar-refractivity contribution in [1.29, 1.82) is 0 Å². The first kappa shape index (κ1) is 15.3. The molecule has 0 amide bonds. The first-order chi connectivity index (χ1) is 11.1. The van der Waals surface area contributed by atoms with E-state index in [-0.39, 0.29) is 0 Å². The van der Waals surface area contributed by atoms with Crippen molar-refractivity contribution in [3.05, 3.63) is 53.9 Å². The summed E-state index contributed by atoms with van der Waals surface area (Å²) in [6, 6.07) is 11.6. The number of imidazole rings is 1. The molecule has 0 unspecified atom stereocenters. The van der Waals surface area contributed by atoms with Crippen LogP contribution in [0.3, 0.4) is 0 Å². The number of benzene rings is 2. The van der Waals surface area contributed by atoms with Crippen molar-refractivity contribution in [2.75, 3.05) is 14.2 Å². The van der Waals surface area contributed by atoms with Crippen LogP contribution in [0.5, 0.6) is 11.5 Å². The van der Waals surface area contributed by atoms with E-state index in [0.29, 0.717) is 23.0 Å². The lowest BCUT2D eigenvalue weighted by Gasteiger charge is -2.11. The molecule has 3 aromatic rings. The Bertz CT molecular complexity index is 873. The third-order valence-electron chi connectivity index (χ3n) is 3.75. The van der Waals surface area contributed by atoms with Crippen molar-refractivity contribution >= 4 is 28.2 Å². The Morgan fingerprint density at radius 3 is 2.57 bits per heavy atom. The predicted molar refractivity (Wildman–Crippen MR) is 94.3 cm³/mol. The molecule has 0 radical (unpaired) electrons. The zero-order valence-corrected chi connectivity index (χ0v) is 13.8. The van der Waals surface area contributed by atoms with Crippen LogP contribution in [-0.2, 0) is 6.54 Å². The number of methoxy groups -OCH3 is 2. The third-order valence-corrected chi connectivity index (χ3v) is 3.97. The molecule has 0 spiro atoms. The standard InChI is InChI=1S/C17H17N3O2S/c1-21-15-7-13-14(8-16(15)22-2)20(10-19-13)9-11-5-3-4-6-12(11)17(18)23/h3-8,10H,9H2,1-2H3,(H2,18,23). The lowest BCUT2D eigenvalue weighted by atomic mass is 10.1. The van der Waals surface area contributed by atoms with Crippen molar-refractivity contribution in [3.8, 4) is 11.5 Å². The van der Waals surface area contributed by atoms with Crippen LogP contribution in [0, 0.1) is 0 Å². The number of nitrogens with zero attached hydrogens (tertiary/aromatic N) is 2. The molecule has 2 aromatic carbocycles. The zero-order valence-electron chi connectivity index (χ0n) is 12.9. The van der Waals surface area contributed by atoms with E-state index in [9.17, 15) is 0 Å². The lowest BCUT2D eigenvalue weighted by Crippen LogP contribution is -2.13. The second-order valence-corrected chi connectivity index (χ2v) is 5.53. The van der Waals surface area contributed by atoms with Crippen molar-refractivity contribution in [2.45, 2.75) is 6.54 Å². The molecule has 0 fully saturated rings. The molecule has 5 nitrogen and oxygen atoms in total. The summed E-state index contributed by atoms with van der Waals surface area (Å²) in [6.45, 7) is 0.625. The molecule has 0 aliphatic carbocycles. The number of aromatic nitrogens is 2. The Morgan fingerprint density at radius 1 is 1.17 bits per heavy atom. The van der Waals surface area contributed by atoms with Gasteiger partial charge in [-0.15, -0.1) is 0 Å². The minimum absolute atomic E-state index is 0.393. The van der Waals surface area contributed by atoms with Gasteiger partial charge in [-0.25, -0.2) is 4.98 Å². The van der Waals surface area contributed by atoms with Crippen LogP contribution in [0.2, 0.25) is 0 Å². The maximum atomic E-state index is 5.81. The highest BCUT2D eigenvalue weighted by Crippen LogP contribution is 2.31. The number of hydrogen-bond acceptors (Lipinski definition) is 4. The predicted octanol–water partition coefficient (Wildman–Crippen LogP) is 2.74. The second-order valence-electron chi connectivity index (χ2n) is 5.09. The van der Waals surface area contributed by atoms with Gasteiger partial charge in [-0.05, 0) is 5.56 Å². The van der Waals surface area contributed by atoms with E-state index in [1.807, 2.05) is 41.0 Å². The van der Waals surface area contributed by atoms with Crippen LogP contribution in [0.15, 0.2) is 42.7 Å². The van der Waals surface area contributed by atoms with Gasteiger partial charge < -0.3 is 19.8 Å². The Hall–Kier alpha value is -2.60. The van der Waals surface area contributed by atoms with Gasteiger partial charge in [-0.2, -0.15) is 0 Å². The van der Waals surface area contributed by atoms with E-state index in [0.717, 1.165) is 22.2 Å². The molecule has 0 saturated heterocycles. The van der Waals surface area contributed by atoms with E-state index >= 15 is 0 Å². The number of hydrogen-bond donors (Lipinski definition) is 1. The molecule has 0 aliphatic rings. The highest BCUT2D eigenvalue weighted by atomic mass is 32.1. The second kappa shape index (κ2) is 6.26. The van der Waals surface area contributed by atoms with E-state index < -0.39 is 0 Å². The summed E-state index contributed by atoms with van der Waals surface area (Å²) in [5, 5.41) is 0. The Balaban J connectivity index is 2.06. The maximum Gasteiger partial charge on any atom is 0.163 e. The van der Waals surface area contributed by atoms with Crippen LogP contribution in [-0.4, -0.2) is 28.8 Å². The summed E-state index contributed by atoms with van der Waals surface area (Å²) in [4.78, 5) is 4.83. The largest absolute Gasteiger partial charge is 0.493 e. The van der Waals surface area contributed by atoms with Gasteiger partial charge in [0.05, 0.1) is 31.6 Å². The van der Waals surface area contributed by atoms with Gasteiger partial charge in [0.1, 0.15) is 4.99 Å². The van der Waals surface area contributed by atoms with Gasteiger partial charge in [0.25, 0.3) is 0 Å². The summed E-state index contributed by atoms with van der Waals surface area (Å²) >= 11 is 5.13. The van der Waals surface area contributed by atoms with Crippen molar-refractivity contribution in [3.63, 3.8) is 0 Å². The number of nitrogens with two attached hydrogens (primary N) is 1. The fraction of sp³-hybridized carbons (Fsp3) is 0.176. The molecule has 3 rings (SSSR count). The monoisotopic (exact) mass is 327 g/mol. The lowest BCUT2D eigenvalue weighted by molar-refractivity contribution is 0.355. The molecule has 0 bridgehead atoms. The number of ether oxygens (including phenoxy) is 2. The molecule has 1 heterocycles. The highest BCUT2D eigenvalue weighted by molar-refractivity contribution is 7.80. The fourth-order valence-corrected chi connectivity index (χ4v) is 2.79. The normalized spacial score (nSPS) is 10.7. The van der Waals surface area contributed by atoms with E-state index in [2.05, 4.69) is 4.98 Å². The summed E-state index contributed by atoms with van der Waals surface area (Å²) in [6.07, 6.45) is 1.79. The average Bonchev–Trinajstić information content (AvgIpc) is 2.95. The van der Waals surface area contributed by atoms with Crippen LogP contribution in [0.4, 0.5) is 0 Å². The third kappa shape index (κ3) is 2.85. The zero-order chi connectivity index (χ0) is 16.4. The maximum absolute atomic E-state index is 5.81. The smallest absolute Gasteiger partial charge is 0.163 e. The first-order valence-electron chi connectivity index (χ1n) is 7.08. The van der Waals surface area contributed by atoms with Gasteiger partial charge in [0.2, 0.25) is 0 Å². The number of fused-ring (bicyclic) bond motifs is 1.